The maximum atomic E-state index is 11.0. The lowest BCUT2D eigenvalue weighted by Gasteiger charge is -2.36. The number of nitro groups is 1. The second kappa shape index (κ2) is 5.96. The number of nitrogens with zero attached hydrogens (tertiary/aromatic N) is 3. The molecule has 23 heavy (non-hydrogen) atoms. The van der Waals surface area contributed by atoms with Gasteiger partial charge in [0.05, 0.1) is 10.4 Å². The van der Waals surface area contributed by atoms with Gasteiger partial charge in [0.15, 0.2) is 0 Å². The molecule has 2 aliphatic rings. The van der Waals surface area contributed by atoms with Crippen molar-refractivity contribution in [3.8, 4) is 0 Å². The predicted molar refractivity (Wildman–Crippen MR) is 90.7 cm³/mol. The quantitative estimate of drug-likeness (QED) is 0.632. The molecule has 1 aliphatic carbocycles. The largest absolute Gasteiger partial charge is 0.344 e. The summed E-state index contributed by atoms with van der Waals surface area (Å²) < 4.78 is 2.26. The number of benzene rings is 1. The van der Waals surface area contributed by atoms with Crippen LogP contribution in [0.5, 0.6) is 0 Å². The van der Waals surface area contributed by atoms with Gasteiger partial charge in [-0.25, -0.2) is 0 Å². The molecule has 0 unspecified atom stereocenters. The van der Waals surface area contributed by atoms with Crippen molar-refractivity contribution >= 4 is 16.6 Å². The number of nitro benzene ring substituents is 1. The molecule has 0 radical (unpaired) electrons. The molecule has 5 nitrogen and oxygen atoms in total. The van der Waals surface area contributed by atoms with Crippen LogP contribution in [0.3, 0.4) is 0 Å². The maximum Gasteiger partial charge on any atom is 0.271 e. The molecular formula is C18H23N3O2. The van der Waals surface area contributed by atoms with Crippen molar-refractivity contribution in [2.75, 3.05) is 13.1 Å². The Morgan fingerprint density at radius 2 is 1.74 bits per heavy atom. The number of non-ortho nitro benzene ring substituents is 1. The van der Waals surface area contributed by atoms with Gasteiger partial charge in [-0.1, -0.05) is 12.8 Å². The van der Waals surface area contributed by atoms with E-state index in [9.17, 15) is 10.1 Å². The smallest absolute Gasteiger partial charge is 0.271 e. The molecule has 0 N–H and O–H groups in total. The highest BCUT2D eigenvalue weighted by atomic mass is 16.6. The molecule has 2 aromatic rings. The molecule has 1 aliphatic heterocycles. The number of piperidine rings is 1. The number of hydrogen-bond acceptors (Lipinski definition) is 3. The summed E-state index contributed by atoms with van der Waals surface area (Å²) in [5.41, 5.74) is 1.18. The van der Waals surface area contributed by atoms with Crippen LogP contribution in [0.2, 0.25) is 0 Å². The molecule has 0 atom stereocenters. The first-order valence-corrected chi connectivity index (χ1v) is 8.71. The van der Waals surface area contributed by atoms with Crippen molar-refractivity contribution < 1.29 is 4.92 Å². The lowest BCUT2D eigenvalue weighted by Crippen LogP contribution is -2.40. The normalized spacial score (nSPS) is 21.2. The zero-order valence-electron chi connectivity index (χ0n) is 13.4. The number of likely N-dealkylation sites (tertiary alicyclic amines) is 1. The van der Waals surface area contributed by atoms with Gasteiger partial charge in [-0.3, -0.25) is 10.1 Å². The van der Waals surface area contributed by atoms with Gasteiger partial charge in [-0.2, -0.15) is 0 Å². The summed E-state index contributed by atoms with van der Waals surface area (Å²) in [6.07, 6.45) is 9.88. The average molecular weight is 313 g/mol. The van der Waals surface area contributed by atoms with E-state index in [1.54, 1.807) is 12.1 Å². The first-order valence-electron chi connectivity index (χ1n) is 8.71. The molecule has 1 saturated carbocycles. The summed E-state index contributed by atoms with van der Waals surface area (Å²) in [6, 6.07) is 8.51. The van der Waals surface area contributed by atoms with Crippen LogP contribution >= 0.6 is 0 Å². The second-order valence-electron chi connectivity index (χ2n) is 6.93. The zero-order valence-corrected chi connectivity index (χ0v) is 13.4. The van der Waals surface area contributed by atoms with E-state index in [0.29, 0.717) is 6.04 Å². The third kappa shape index (κ3) is 2.74. The Hall–Kier alpha value is -1.88. The summed E-state index contributed by atoms with van der Waals surface area (Å²) in [7, 11) is 0. The van der Waals surface area contributed by atoms with Gasteiger partial charge >= 0.3 is 0 Å². The van der Waals surface area contributed by atoms with E-state index in [-0.39, 0.29) is 10.6 Å². The monoisotopic (exact) mass is 313 g/mol. The molecule has 2 heterocycles. The lowest BCUT2D eigenvalue weighted by atomic mass is 10.0. The average Bonchev–Trinajstić information content (AvgIpc) is 3.24. The van der Waals surface area contributed by atoms with E-state index in [4.69, 9.17) is 0 Å². The fraction of sp³-hybridized carbons (Fsp3) is 0.556. The highest BCUT2D eigenvalue weighted by Crippen LogP contribution is 2.32. The molecule has 2 fully saturated rings. The van der Waals surface area contributed by atoms with Crippen LogP contribution in [0.1, 0.15) is 44.6 Å². The van der Waals surface area contributed by atoms with Crippen molar-refractivity contribution in [3.63, 3.8) is 0 Å². The van der Waals surface area contributed by atoms with Gasteiger partial charge in [-0.15, -0.1) is 0 Å². The van der Waals surface area contributed by atoms with Gasteiger partial charge in [0, 0.05) is 48.9 Å². The molecule has 1 aromatic heterocycles. The van der Waals surface area contributed by atoms with E-state index in [0.717, 1.165) is 42.9 Å². The van der Waals surface area contributed by atoms with Crippen molar-refractivity contribution in [2.24, 2.45) is 0 Å². The van der Waals surface area contributed by atoms with Crippen molar-refractivity contribution in [2.45, 2.75) is 50.6 Å². The zero-order chi connectivity index (χ0) is 15.8. The maximum absolute atomic E-state index is 11.0. The SMILES string of the molecule is O=[N+]([O-])c1ccc2ccn(C3CCN(C4CCCC4)CC3)c2c1. The number of fused-ring (bicyclic) bond motifs is 1. The topological polar surface area (TPSA) is 51.3 Å². The summed E-state index contributed by atoms with van der Waals surface area (Å²) >= 11 is 0. The number of hydrogen-bond donors (Lipinski definition) is 0. The Balaban J connectivity index is 1.53. The standard InChI is InChI=1S/C18H23N3O2/c22-21(23)17-6-5-14-7-12-20(18(14)13-17)16-8-10-19(11-9-16)15-3-1-2-4-15/h5-7,12-13,15-16H,1-4,8-11H2. The van der Waals surface area contributed by atoms with Crippen LogP contribution in [0, 0.1) is 10.1 Å². The predicted octanol–water partition coefficient (Wildman–Crippen LogP) is 4.13. The van der Waals surface area contributed by atoms with Crippen LogP contribution in [-0.4, -0.2) is 33.5 Å². The van der Waals surface area contributed by atoms with E-state index >= 15 is 0 Å². The van der Waals surface area contributed by atoms with Crippen LogP contribution in [0.15, 0.2) is 30.5 Å². The molecule has 0 bridgehead atoms. The highest BCUT2D eigenvalue weighted by Gasteiger charge is 2.28. The van der Waals surface area contributed by atoms with Crippen molar-refractivity contribution in [1.29, 1.82) is 0 Å². The van der Waals surface area contributed by atoms with Gasteiger partial charge in [-0.05, 0) is 37.8 Å². The Morgan fingerprint density at radius 3 is 2.43 bits per heavy atom. The lowest BCUT2D eigenvalue weighted by molar-refractivity contribution is -0.384. The second-order valence-corrected chi connectivity index (χ2v) is 6.93. The minimum Gasteiger partial charge on any atom is -0.344 e. The molecule has 122 valence electrons. The van der Waals surface area contributed by atoms with Crippen LogP contribution in [0.25, 0.3) is 10.9 Å². The fourth-order valence-electron chi connectivity index (χ4n) is 4.37. The Bertz CT molecular complexity index is 710. The van der Waals surface area contributed by atoms with Crippen molar-refractivity contribution in [3.05, 3.63) is 40.6 Å². The number of rotatable bonds is 3. The van der Waals surface area contributed by atoms with E-state index in [2.05, 4.69) is 21.7 Å². The summed E-state index contributed by atoms with van der Waals surface area (Å²) in [6.45, 7) is 2.31. The Kier molecular flexibility index (Phi) is 3.81. The fourth-order valence-corrected chi connectivity index (χ4v) is 4.37. The van der Waals surface area contributed by atoms with Gasteiger partial charge in [0.25, 0.3) is 5.69 Å². The molecule has 4 rings (SSSR count). The molecule has 5 heteroatoms. The third-order valence-electron chi connectivity index (χ3n) is 5.65. The molecule has 1 aromatic carbocycles. The molecule has 0 spiro atoms. The minimum absolute atomic E-state index is 0.181. The van der Waals surface area contributed by atoms with Gasteiger partial charge in [0.2, 0.25) is 0 Å². The molecular weight excluding hydrogens is 290 g/mol. The Morgan fingerprint density at radius 1 is 1.00 bits per heavy atom. The van der Waals surface area contributed by atoms with Crippen LogP contribution in [-0.2, 0) is 0 Å². The van der Waals surface area contributed by atoms with Crippen LogP contribution < -0.4 is 0 Å². The number of aromatic nitrogens is 1. The summed E-state index contributed by atoms with van der Waals surface area (Å²) in [5, 5.41) is 12.1. The van der Waals surface area contributed by atoms with Gasteiger partial charge < -0.3 is 9.47 Å². The van der Waals surface area contributed by atoms with Gasteiger partial charge in [0.1, 0.15) is 0 Å². The highest BCUT2D eigenvalue weighted by molar-refractivity contribution is 5.82. The minimum atomic E-state index is -0.306. The first-order chi connectivity index (χ1) is 11.2. The van der Waals surface area contributed by atoms with E-state index < -0.39 is 0 Å². The van der Waals surface area contributed by atoms with Crippen molar-refractivity contribution in [1.82, 2.24) is 9.47 Å². The van der Waals surface area contributed by atoms with Crippen LogP contribution in [0.4, 0.5) is 5.69 Å². The third-order valence-corrected chi connectivity index (χ3v) is 5.65. The molecule has 0 amide bonds. The summed E-state index contributed by atoms with van der Waals surface area (Å²) in [5.74, 6) is 0. The van der Waals surface area contributed by atoms with E-state index in [1.165, 1.54) is 25.7 Å². The molecule has 1 saturated heterocycles. The summed E-state index contributed by atoms with van der Waals surface area (Å²) in [4.78, 5) is 13.4. The Labute approximate surface area is 136 Å². The first kappa shape index (κ1) is 14.7. The van der Waals surface area contributed by atoms with E-state index in [1.807, 2.05) is 6.07 Å².